The highest BCUT2D eigenvalue weighted by molar-refractivity contribution is 7.26. The predicted molar refractivity (Wildman–Crippen MR) is 106 cm³/mol. The predicted octanol–water partition coefficient (Wildman–Crippen LogP) is 6.18. The van der Waals surface area contributed by atoms with E-state index in [1.807, 2.05) is 35.6 Å². The first kappa shape index (κ1) is 14.3. The van der Waals surface area contributed by atoms with E-state index in [-0.39, 0.29) is 0 Å². The molecule has 0 aliphatic carbocycles. The number of hydrogen-bond donors (Lipinski definition) is 0. The van der Waals surface area contributed by atoms with Crippen molar-refractivity contribution in [2.24, 2.45) is 0 Å². The third-order valence-electron chi connectivity index (χ3n) is 4.41. The molecule has 0 spiro atoms. The van der Waals surface area contributed by atoms with Crippen LogP contribution in [0.3, 0.4) is 0 Å². The Morgan fingerprint density at radius 2 is 1.28 bits per heavy atom. The fourth-order valence-electron chi connectivity index (χ4n) is 3.19. The molecule has 25 heavy (non-hydrogen) atoms. The molecular formula is C22H14N2S. The largest absolute Gasteiger partial charge is 0.150 e. The molecule has 2 nitrogen and oxygen atoms in total. The summed E-state index contributed by atoms with van der Waals surface area (Å²) < 4.78 is 2.57. The summed E-state index contributed by atoms with van der Waals surface area (Å²) in [4.78, 5) is 0. The van der Waals surface area contributed by atoms with E-state index in [1.54, 1.807) is 0 Å². The molecule has 118 valence electrons. The summed E-state index contributed by atoms with van der Waals surface area (Å²) in [5.74, 6) is 0. The van der Waals surface area contributed by atoms with Gasteiger partial charge in [-0.25, -0.2) is 0 Å². The van der Waals surface area contributed by atoms with Gasteiger partial charge >= 0.3 is 0 Å². The quantitative estimate of drug-likeness (QED) is 0.384. The topological polar surface area (TPSA) is 25.8 Å². The third-order valence-corrected chi connectivity index (χ3v) is 5.63. The summed E-state index contributed by atoms with van der Waals surface area (Å²) in [7, 11) is 0. The van der Waals surface area contributed by atoms with Crippen LogP contribution in [0.2, 0.25) is 0 Å². The minimum atomic E-state index is 0.896. The van der Waals surface area contributed by atoms with Crippen LogP contribution < -0.4 is 0 Å². The first-order valence-corrected chi connectivity index (χ1v) is 9.01. The number of nitrogens with zero attached hydrogens (tertiary/aromatic N) is 2. The van der Waals surface area contributed by atoms with Crippen LogP contribution >= 0.6 is 11.3 Å². The zero-order chi connectivity index (χ0) is 16.6. The lowest BCUT2D eigenvalue weighted by molar-refractivity contribution is 1.05. The molecule has 0 atom stereocenters. The van der Waals surface area contributed by atoms with E-state index in [0.29, 0.717) is 0 Å². The molecule has 3 aromatic carbocycles. The maximum absolute atomic E-state index is 4.50. The van der Waals surface area contributed by atoms with Gasteiger partial charge in [0.25, 0.3) is 0 Å². The van der Waals surface area contributed by atoms with Crippen LogP contribution in [0.25, 0.3) is 42.7 Å². The molecule has 0 N–H and O–H groups in total. The minimum Gasteiger partial charge on any atom is -0.150 e. The summed E-state index contributed by atoms with van der Waals surface area (Å²) >= 11 is 1.82. The lowest BCUT2D eigenvalue weighted by Gasteiger charge is -2.04. The van der Waals surface area contributed by atoms with Crippen molar-refractivity contribution in [2.45, 2.75) is 0 Å². The standard InChI is InChI=1S/C22H14N2S/c1-2-7-15(8-3-1)19-13-14-20(24-23-19)18-11-6-10-17-16-9-4-5-12-21(16)25-22(17)18/h1-14H. The molecule has 0 bridgehead atoms. The van der Waals surface area contributed by atoms with Crippen LogP contribution in [-0.2, 0) is 0 Å². The Kier molecular flexibility index (Phi) is 3.32. The van der Waals surface area contributed by atoms with E-state index in [9.17, 15) is 0 Å². The van der Waals surface area contributed by atoms with Crippen molar-refractivity contribution in [3.8, 4) is 22.5 Å². The van der Waals surface area contributed by atoms with Crippen LogP contribution in [0.15, 0.2) is 84.9 Å². The second kappa shape index (κ2) is 5.80. The Hall–Kier alpha value is -3.04. The van der Waals surface area contributed by atoms with Gasteiger partial charge in [0.2, 0.25) is 0 Å². The molecule has 5 rings (SSSR count). The zero-order valence-corrected chi connectivity index (χ0v) is 14.2. The van der Waals surface area contributed by atoms with Crippen LogP contribution in [0, 0.1) is 0 Å². The lowest BCUT2D eigenvalue weighted by Crippen LogP contribution is -1.90. The van der Waals surface area contributed by atoms with Crippen molar-refractivity contribution < 1.29 is 0 Å². The fourth-order valence-corrected chi connectivity index (χ4v) is 4.41. The number of fused-ring (bicyclic) bond motifs is 3. The van der Waals surface area contributed by atoms with Gasteiger partial charge < -0.3 is 0 Å². The molecule has 0 amide bonds. The van der Waals surface area contributed by atoms with Gasteiger partial charge in [0.15, 0.2) is 0 Å². The number of aromatic nitrogens is 2. The molecule has 5 aromatic rings. The van der Waals surface area contributed by atoms with Crippen molar-refractivity contribution in [3.63, 3.8) is 0 Å². The van der Waals surface area contributed by atoms with E-state index < -0.39 is 0 Å². The Morgan fingerprint density at radius 1 is 0.560 bits per heavy atom. The normalized spacial score (nSPS) is 11.2. The highest BCUT2D eigenvalue weighted by Crippen LogP contribution is 2.39. The van der Waals surface area contributed by atoms with Gasteiger partial charge in [-0.2, -0.15) is 0 Å². The Balaban J connectivity index is 1.66. The summed E-state index contributed by atoms with van der Waals surface area (Å²) in [6.07, 6.45) is 0. The van der Waals surface area contributed by atoms with Crippen molar-refractivity contribution >= 4 is 31.5 Å². The second-order valence-corrected chi connectivity index (χ2v) is 7.00. The summed E-state index contributed by atoms with van der Waals surface area (Å²) in [5.41, 5.74) is 4.04. The molecule has 0 radical (unpaired) electrons. The molecule has 3 heteroatoms. The smallest absolute Gasteiger partial charge is 0.0944 e. The molecular weight excluding hydrogens is 324 g/mol. The first-order chi connectivity index (χ1) is 12.4. The summed E-state index contributed by atoms with van der Waals surface area (Å²) in [5, 5.41) is 11.5. The molecule has 2 heterocycles. The fraction of sp³-hybridized carbons (Fsp3) is 0. The van der Waals surface area contributed by atoms with Crippen molar-refractivity contribution in [3.05, 3.63) is 84.9 Å². The average molecular weight is 338 g/mol. The summed E-state index contributed by atoms with van der Waals surface area (Å²) in [6.45, 7) is 0. The average Bonchev–Trinajstić information content (AvgIpc) is 3.08. The van der Waals surface area contributed by atoms with Gasteiger partial charge in [0.1, 0.15) is 0 Å². The van der Waals surface area contributed by atoms with Gasteiger partial charge in [-0.15, -0.1) is 21.5 Å². The number of rotatable bonds is 2. The maximum atomic E-state index is 4.50. The molecule has 0 aliphatic rings. The SMILES string of the molecule is c1ccc(-c2ccc(-c3cccc4c3sc3ccccc34)nn2)cc1. The highest BCUT2D eigenvalue weighted by Gasteiger charge is 2.11. The second-order valence-electron chi connectivity index (χ2n) is 5.95. The minimum absolute atomic E-state index is 0.896. The van der Waals surface area contributed by atoms with E-state index in [4.69, 9.17) is 0 Å². The highest BCUT2D eigenvalue weighted by atomic mass is 32.1. The third kappa shape index (κ3) is 2.41. The van der Waals surface area contributed by atoms with Crippen molar-refractivity contribution in [2.75, 3.05) is 0 Å². The number of hydrogen-bond acceptors (Lipinski definition) is 3. The van der Waals surface area contributed by atoms with E-state index >= 15 is 0 Å². The molecule has 0 unspecified atom stereocenters. The van der Waals surface area contributed by atoms with E-state index in [0.717, 1.165) is 22.5 Å². The number of thiophene rings is 1. The molecule has 2 aromatic heterocycles. The van der Waals surface area contributed by atoms with Crippen LogP contribution in [0.5, 0.6) is 0 Å². The van der Waals surface area contributed by atoms with Gasteiger partial charge in [-0.1, -0.05) is 66.7 Å². The monoisotopic (exact) mass is 338 g/mol. The van der Waals surface area contributed by atoms with Gasteiger partial charge in [0.05, 0.1) is 11.4 Å². The zero-order valence-electron chi connectivity index (χ0n) is 13.4. The summed E-state index contributed by atoms with van der Waals surface area (Å²) in [6, 6.07) is 29.2. The van der Waals surface area contributed by atoms with Gasteiger partial charge in [-0.05, 0) is 18.2 Å². The maximum Gasteiger partial charge on any atom is 0.0944 e. The molecule has 0 saturated carbocycles. The van der Waals surface area contributed by atoms with Crippen LogP contribution in [0.1, 0.15) is 0 Å². The first-order valence-electron chi connectivity index (χ1n) is 8.20. The van der Waals surface area contributed by atoms with Crippen LogP contribution in [0.4, 0.5) is 0 Å². The van der Waals surface area contributed by atoms with Crippen LogP contribution in [-0.4, -0.2) is 10.2 Å². The Morgan fingerprint density at radius 3 is 2.12 bits per heavy atom. The molecule has 0 fully saturated rings. The van der Waals surface area contributed by atoms with Crippen molar-refractivity contribution in [1.29, 1.82) is 0 Å². The Bertz CT molecular complexity index is 1180. The number of benzene rings is 3. The van der Waals surface area contributed by atoms with Crippen molar-refractivity contribution in [1.82, 2.24) is 10.2 Å². The van der Waals surface area contributed by atoms with Gasteiger partial charge in [0, 0.05) is 31.3 Å². The van der Waals surface area contributed by atoms with E-state index in [2.05, 4.69) is 70.9 Å². The lowest BCUT2D eigenvalue weighted by atomic mass is 10.1. The molecule has 0 saturated heterocycles. The Labute approximate surface area is 149 Å². The molecule has 0 aliphatic heterocycles. The van der Waals surface area contributed by atoms with Gasteiger partial charge in [-0.3, -0.25) is 0 Å². The van der Waals surface area contributed by atoms with E-state index in [1.165, 1.54) is 20.2 Å².